The fraction of sp³-hybridized carbons (Fsp3) is 0.500. The Hall–Kier alpha value is -1.61. The Kier molecular flexibility index (Phi) is 5.00. The quantitative estimate of drug-likeness (QED) is 0.885. The smallest absolute Gasteiger partial charge is 0.416 e. The van der Waals surface area contributed by atoms with Gasteiger partial charge in [-0.25, -0.2) is 8.42 Å². The first-order valence-electron chi connectivity index (χ1n) is 7.03. The lowest BCUT2D eigenvalue weighted by molar-refractivity contribution is -0.138. The maximum Gasteiger partial charge on any atom is 0.416 e. The monoisotopic (exact) mass is 351 g/mol. The second kappa shape index (κ2) is 6.48. The first-order chi connectivity index (χ1) is 10.6. The van der Waals surface area contributed by atoms with Crippen molar-refractivity contribution in [2.24, 2.45) is 0 Å². The zero-order chi connectivity index (χ0) is 17.3. The molecule has 2 rings (SSSR count). The summed E-state index contributed by atoms with van der Waals surface area (Å²) in [7, 11) is -4.08. The lowest BCUT2D eigenvalue weighted by atomic mass is 10.1. The minimum atomic E-state index is -4.63. The molecule has 0 amide bonds. The van der Waals surface area contributed by atoms with Crippen molar-refractivity contribution in [3.8, 4) is 0 Å². The zero-order valence-corrected chi connectivity index (χ0v) is 12.9. The van der Waals surface area contributed by atoms with Crippen molar-refractivity contribution in [3.63, 3.8) is 0 Å². The van der Waals surface area contributed by atoms with Crippen molar-refractivity contribution >= 4 is 16.0 Å². The number of benzene rings is 1. The average Bonchev–Trinajstić information content (AvgIpc) is 2.93. The summed E-state index contributed by atoms with van der Waals surface area (Å²) in [6, 6.07) is 3.10. The zero-order valence-electron chi connectivity index (χ0n) is 12.1. The van der Waals surface area contributed by atoms with Gasteiger partial charge < -0.3 is 5.11 Å². The van der Waals surface area contributed by atoms with E-state index in [2.05, 4.69) is 0 Å². The van der Waals surface area contributed by atoms with Crippen molar-refractivity contribution in [2.45, 2.75) is 42.8 Å². The van der Waals surface area contributed by atoms with Crippen LogP contribution in [0.3, 0.4) is 0 Å². The maximum absolute atomic E-state index is 12.7. The number of hydrogen-bond acceptors (Lipinski definition) is 3. The van der Waals surface area contributed by atoms with Gasteiger partial charge in [-0.1, -0.05) is 6.07 Å². The summed E-state index contributed by atoms with van der Waals surface area (Å²) in [5.41, 5.74) is -1.03. The molecule has 0 bridgehead atoms. The van der Waals surface area contributed by atoms with Crippen LogP contribution >= 0.6 is 0 Å². The standard InChI is InChI=1S/C14H16F3NO4S/c15-14(16,17)10-3-1-5-12(9-10)23(21,22)18-8-2-4-11(18)6-7-13(19)20/h1,3,5,9,11H,2,4,6-8H2,(H,19,20). The van der Waals surface area contributed by atoms with Crippen LogP contribution in [-0.4, -0.2) is 36.4 Å². The van der Waals surface area contributed by atoms with Crippen LogP contribution in [0.5, 0.6) is 0 Å². The summed E-state index contributed by atoms with van der Waals surface area (Å²) in [6.07, 6.45) is -3.60. The van der Waals surface area contributed by atoms with Crippen LogP contribution in [0.1, 0.15) is 31.2 Å². The van der Waals surface area contributed by atoms with E-state index >= 15 is 0 Å². The van der Waals surface area contributed by atoms with Crippen molar-refractivity contribution in [1.29, 1.82) is 0 Å². The highest BCUT2D eigenvalue weighted by Gasteiger charge is 2.37. The number of carbonyl (C=O) groups is 1. The molecule has 0 aromatic heterocycles. The third-order valence-electron chi connectivity index (χ3n) is 3.78. The van der Waals surface area contributed by atoms with Gasteiger partial charge in [0.05, 0.1) is 10.5 Å². The van der Waals surface area contributed by atoms with Crippen molar-refractivity contribution < 1.29 is 31.5 Å². The molecule has 1 N–H and O–H groups in total. The van der Waals surface area contributed by atoms with Crippen LogP contribution in [0.25, 0.3) is 0 Å². The molecule has 1 aliphatic heterocycles. The molecule has 1 aliphatic rings. The van der Waals surface area contributed by atoms with Crippen molar-refractivity contribution in [3.05, 3.63) is 29.8 Å². The predicted octanol–water partition coefficient (Wildman–Crippen LogP) is 2.72. The highest BCUT2D eigenvalue weighted by molar-refractivity contribution is 7.89. The highest BCUT2D eigenvalue weighted by atomic mass is 32.2. The molecule has 1 aromatic rings. The number of aliphatic carboxylic acids is 1. The Morgan fingerprint density at radius 2 is 2.04 bits per heavy atom. The SMILES string of the molecule is O=C(O)CCC1CCCN1S(=O)(=O)c1cccc(C(F)(F)F)c1. The number of alkyl halides is 3. The minimum Gasteiger partial charge on any atom is -0.481 e. The Morgan fingerprint density at radius 1 is 1.35 bits per heavy atom. The van der Waals surface area contributed by atoms with Gasteiger partial charge in [-0.15, -0.1) is 0 Å². The molecule has 1 saturated heterocycles. The first kappa shape index (κ1) is 17.7. The van der Waals surface area contributed by atoms with E-state index in [1.54, 1.807) is 0 Å². The molecule has 0 spiro atoms. The maximum atomic E-state index is 12.7. The van der Waals surface area contributed by atoms with Gasteiger partial charge in [0.1, 0.15) is 0 Å². The second-order valence-corrected chi connectivity index (χ2v) is 7.26. The first-order valence-corrected chi connectivity index (χ1v) is 8.47. The number of sulfonamides is 1. The molecule has 128 valence electrons. The lowest BCUT2D eigenvalue weighted by Crippen LogP contribution is -2.36. The molecule has 0 saturated carbocycles. The van der Waals surface area contributed by atoms with Gasteiger partial charge in [0.25, 0.3) is 0 Å². The van der Waals surface area contributed by atoms with Crippen LogP contribution < -0.4 is 0 Å². The Bertz CT molecular complexity index is 688. The average molecular weight is 351 g/mol. The summed E-state index contributed by atoms with van der Waals surface area (Å²) in [5, 5.41) is 8.71. The number of rotatable bonds is 5. The van der Waals surface area contributed by atoms with Crippen LogP contribution in [0.2, 0.25) is 0 Å². The second-order valence-electron chi connectivity index (χ2n) is 5.37. The van der Waals surface area contributed by atoms with E-state index in [0.29, 0.717) is 18.9 Å². The van der Waals surface area contributed by atoms with E-state index in [-0.39, 0.29) is 19.4 Å². The molecule has 0 aliphatic carbocycles. The molecule has 1 atom stereocenters. The molecule has 9 heteroatoms. The number of nitrogens with zero attached hydrogens (tertiary/aromatic N) is 1. The molecule has 1 fully saturated rings. The Morgan fingerprint density at radius 3 is 2.65 bits per heavy atom. The van der Waals surface area contributed by atoms with Gasteiger partial charge in [0, 0.05) is 19.0 Å². The third-order valence-corrected chi connectivity index (χ3v) is 5.73. The van der Waals surface area contributed by atoms with Gasteiger partial charge in [0.15, 0.2) is 0 Å². The summed E-state index contributed by atoms with van der Waals surface area (Å²) in [5.74, 6) is -1.03. The van der Waals surface area contributed by atoms with Gasteiger partial charge >= 0.3 is 12.1 Å². The van der Waals surface area contributed by atoms with Crippen LogP contribution in [0.4, 0.5) is 13.2 Å². The molecule has 1 heterocycles. The van der Waals surface area contributed by atoms with E-state index in [4.69, 9.17) is 5.11 Å². The van der Waals surface area contributed by atoms with Gasteiger partial charge in [-0.2, -0.15) is 17.5 Å². The number of halogens is 3. The van der Waals surface area contributed by atoms with Crippen molar-refractivity contribution in [2.75, 3.05) is 6.54 Å². The summed E-state index contributed by atoms with van der Waals surface area (Å²) in [4.78, 5) is 10.2. The van der Waals surface area contributed by atoms with E-state index in [1.165, 1.54) is 0 Å². The minimum absolute atomic E-state index is 0.146. The fourth-order valence-corrected chi connectivity index (χ4v) is 4.44. The largest absolute Gasteiger partial charge is 0.481 e. The van der Waals surface area contributed by atoms with Crippen LogP contribution in [0, 0.1) is 0 Å². The van der Waals surface area contributed by atoms with E-state index in [0.717, 1.165) is 22.5 Å². The summed E-state index contributed by atoms with van der Waals surface area (Å²) < 4.78 is 64.5. The van der Waals surface area contributed by atoms with Gasteiger partial charge in [0.2, 0.25) is 10.0 Å². The molecule has 0 radical (unpaired) electrons. The molecule has 5 nitrogen and oxygen atoms in total. The third kappa shape index (κ3) is 4.03. The highest BCUT2D eigenvalue weighted by Crippen LogP contribution is 2.33. The normalized spacial score (nSPS) is 19.9. The van der Waals surface area contributed by atoms with E-state index in [1.807, 2.05) is 0 Å². The molecular weight excluding hydrogens is 335 g/mol. The Labute approximate surface area is 131 Å². The lowest BCUT2D eigenvalue weighted by Gasteiger charge is -2.24. The predicted molar refractivity (Wildman–Crippen MR) is 75.2 cm³/mol. The summed E-state index contributed by atoms with van der Waals surface area (Å²) in [6.45, 7) is 0.183. The molecule has 1 unspecified atom stereocenters. The molecule has 1 aromatic carbocycles. The molecular formula is C14H16F3NO4S. The number of carboxylic acid groups (broad SMARTS) is 1. The number of carboxylic acids is 1. The topological polar surface area (TPSA) is 74.7 Å². The Balaban J connectivity index is 2.29. The molecule has 23 heavy (non-hydrogen) atoms. The van der Waals surface area contributed by atoms with Crippen LogP contribution in [0.15, 0.2) is 29.2 Å². The number of hydrogen-bond donors (Lipinski definition) is 1. The van der Waals surface area contributed by atoms with E-state index in [9.17, 15) is 26.4 Å². The fourth-order valence-electron chi connectivity index (χ4n) is 2.67. The van der Waals surface area contributed by atoms with Gasteiger partial charge in [-0.3, -0.25) is 4.79 Å². The summed E-state index contributed by atoms with van der Waals surface area (Å²) >= 11 is 0. The van der Waals surface area contributed by atoms with Crippen LogP contribution in [-0.2, 0) is 21.0 Å². The van der Waals surface area contributed by atoms with Gasteiger partial charge in [-0.05, 0) is 37.5 Å². The van der Waals surface area contributed by atoms with E-state index < -0.39 is 38.7 Å². The van der Waals surface area contributed by atoms with Crippen molar-refractivity contribution in [1.82, 2.24) is 4.31 Å².